The summed E-state index contributed by atoms with van der Waals surface area (Å²) in [6.07, 6.45) is 8.38. The Hall–Kier alpha value is -2.58. The second kappa shape index (κ2) is 9.73. The Balaban J connectivity index is 1.42. The molecule has 1 saturated heterocycles. The summed E-state index contributed by atoms with van der Waals surface area (Å²) in [5, 5.41) is 13.6. The first-order valence-corrected chi connectivity index (χ1v) is 12.3. The number of nitrogens with one attached hydrogen (secondary N) is 1. The topological polar surface area (TPSA) is 88.9 Å². The molecule has 8 nitrogen and oxygen atoms in total. The Kier molecular flexibility index (Phi) is 6.55. The van der Waals surface area contributed by atoms with Crippen molar-refractivity contribution < 1.29 is 4.74 Å². The van der Waals surface area contributed by atoms with Crippen LogP contribution in [-0.2, 0) is 24.4 Å². The van der Waals surface area contributed by atoms with E-state index in [-0.39, 0.29) is 11.7 Å². The molecular weight excluding hydrogens is 416 g/mol. The first-order valence-electron chi connectivity index (χ1n) is 12.3. The van der Waals surface area contributed by atoms with Gasteiger partial charge in [0.1, 0.15) is 0 Å². The van der Waals surface area contributed by atoms with E-state index < -0.39 is 0 Å². The molecule has 8 heteroatoms. The molecule has 1 aromatic carbocycles. The lowest BCUT2D eigenvalue weighted by molar-refractivity contribution is 0.0893. The van der Waals surface area contributed by atoms with Gasteiger partial charge < -0.3 is 9.72 Å². The molecule has 176 valence electrons. The number of hydrogen-bond acceptors (Lipinski definition) is 6. The Morgan fingerprint density at radius 2 is 1.97 bits per heavy atom. The smallest absolute Gasteiger partial charge is 0.252 e. The molecular formula is C25H34N6O2. The van der Waals surface area contributed by atoms with E-state index in [1.54, 1.807) is 0 Å². The van der Waals surface area contributed by atoms with Crippen molar-refractivity contribution in [3.63, 3.8) is 0 Å². The minimum Gasteiger partial charge on any atom is -0.376 e. The monoisotopic (exact) mass is 450 g/mol. The van der Waals surface area contributed by atoms with Crippen molar-refractivity contribution in [2.45, 2.75) is 90.6 Å². The highest BCUT2D eigenvalue weighted by Gasteiger charge is 2.26. The third kappa shape index (κ3) is 4.87. The molecule has 1 aliphatic heterocycles. The molecule has 3 heterocycles. The number of aromatic nitrogens is 5. The van der Waals surface area contributed by atoms with Crippen LogP contribution in [0, 0.1) is 13.8 Å². The lowest BCUT2D eigenvalue weighted by Crippen LogP contribution is -2.38. The van der Waals surface area contributed by atoms with Gasteiger partial charge in [-0.1, -0.05) is 31.4 Å². The average Bonchev–Trinajstić information content (AvgIpc) is 3.50. The van der Waals surface area contributed by atoms with Gasteiger partial charge in [0.2, 0.25) is 0 Å². The number of nitrogens with zero attached hydrogens (tertiary/aromatic N) is 5. The molecule has 33 heavy (non-hydrogen) atoms. The fourth-order valence-corrected chi connectivity index (χ4v) is 5.31. The van der Waals surface area contributed by atoms with Crippen molar-refractivity contribution in [1.82, 2.24) is 30.1 Å². The zero-order valence-electron chi connectivity index (χ0n) is 19.7. The Morgan fingerprint density at radius 3 is 2.76 bits per heavy atom. The number of aryl methyl sites for hydroxylation is 2. The number of fused-ring (bicyclic) bond motifs is 1. The van der Waals surface area contributed by atoms with Gasteiger partial charge in [-0.3, -0.25) is 9.69 Å². The van der Waals surface area contributed by atoms with Gasteiger partial charge in [0, 0.05) is 24.8 Å². The summed E-state index contributed by atoms with van der Waals surface area (Å²) in [6.45, 7) is 6.88. The Bertz CT molecular complexity index is 1160. The summed E-state index contributed by atoms with van der Waals surface area (Å²) in [4.78, 5) is 18.6. The van der Waals surface area contributed by atoms with Gasteiger partial charge in [0.05, 0.1) is 24.7 Å². The largest absolute Gasteiger partial charge is 0.376 e. The van der Waals surface area contributed by atoms with E-state index in [2.05, 4.69) is 57.5 Å². The van der Waals surface area contributed by atoms with Crippen molar-refractivity contribution >= 4 is 10.9 Å². The highest BCUT2D eigenvalue weighted by Crippen LogP contribution is 2.26. The van der Waals surface area contributed by atoms with Crippen LogP contribution in [0.5, 0.6) is 0 Å². The molecule has 2 aliphatic rings. The number of pyridine rings is 1. The summed E-state index contributed by atoms with van der Waals surface area (Å²) < 4.78 is 7.69. The molecule has 0 unspecified atom stereocenters. The van der Waals surface area contributed by atoms with Gasteiger partial charge in [-0.2, -0.15) is 0 Å². The molecule has 1 aliphatic carbocycles. The number of rotatable bonds is 7. The Labute approximate surface area is 194 Å². The molecule has 0 amide bonds. The predicted octanol–water partition coefficient (Wildman–Crippen LogP) is 3.65. The summed E-state index contributed by atoms with van der Waals surface area (Å²) in [5.74, 6) is 0.847. The lowest BCUT2D eigenvalue weighted by Gasteiger charge is -2.34. The third-order valence-electron chi connectivity index (χ3n) is 7.44. The van der Waals surface area contributed by atoms with Crippen LogP contribution in [0.15, 0.2) is 23.0 Å². The van der Waals surface area contributed by atoms with E-state index in [4.69, 9.17) is 4.74 Å². The fourth-order valence-electron chi connectivity index (χ4n) is 5.31. The van der Waals surface area contributed by atoms with Gasteiger partial charge in [0.25, 0.3) is 5.56 Å². The molecule has 0 radical (unpaired) electrons. The number of ether oxygens (including phenoxy) is 1. The summed E-state index contributed by atoms with van der Waals surface area (Å²) in [7, 11) is 0. The van der Waals surface area contributed by atoms with Gasteiger partial charge in [-0.15, -0.1) is 5.10 Å². The van der Waals surface area contributed by atoms with E-state index in [0.29, 0.717) is 25.7 Å². The number of benzene rings is 1. The molecule has 2 aromatic heterocycles. The van der Waals surface area contributed by atoms with E-state index in [1.165, 1.54) is 24.8 Å². The number of H-pyrrole nitrogens is 1. The zero-order chi connectivity index (χ0) is 22.8. The fraction of sp³-hybridized carbons (Fsp3) is 0.600. The highest BCUT2D eigenvalue weighted by molar-refractivity contribution is 5.83. The second-order valence-corrected chi connectivity index (χ2v) is 9.70. The predicted molar refractivity (Wildman–Crippen MR) is 127 cm³/mol. The summed E-state index contributed by atoms with van der Waals surface area (Å²) >= 11 is 0. The van der Waals surface area contributed by atoms with Crippen LogP contribution >= 0.6 is 0 Å². The van der Waals surface area contributed by atoms with Crippen molar-refractivity contribution in [3.05, 3.63) is 51.1 Å². The number of hydrogen-bond donors (Lipinski definition) is 1. The first kappa shape index (κ1) is 22.2. The minimum absolute atomic E-state index is 0.00374. The maximum Gasteiger partial charge on any atom is 0.252 e. The molecule has 1 saturated carbocycles. The van der Waals surface area contributed by atoms with E-state index in [0.717, 1.165) is 60.1 Å². The van der Waals surface area contributed by atoms with Crippen LogP contribution < -0.4 is 5.56 Å². The van der Waals surface area contributed by atoms with Crippen LogP contribution in [0.25, 0.3) is 10.9 Å². The molecule has 5 rings (SSSR count). The van der Waals surface area contributed by atoms with Crippen LogP contribution in [0.4, 0.5) is 0 Å². The summed E-state index contributed by atoms with van der Waals surface area (Å²) in [5.41, 5.74) is 4.06. The Morgan fingerprint density at radius 1 is 1.12 bits per heavy atom. The normalized spacial score (nSPS) is 19.7. The minimum atomic E-state index is -0.00374. The van der Waals surface area contributed by atoms with Crippen molar-refractivity contribution in [2.24, 2.45) is 0 Å². The van der Waals surface area contributed by atoms with Gasteiger partial charge in [-0.25, -0.2) is 4.68 Å². The number of aromatic amines is 1. The molecule has 2 fully saturated rings. The zero-order valence-corrected chi connectivity index (χ0v) is 19.7. The lowest BCUT2D eigenvalue weighted by atomic mass is 9.93. The standard InChI is InChI=1S/C25H34N6O2/c1-17-10-11-19-13-20(25(32)26-24(19)18(17)2)14-30(21-7-4-3-5-8-21)16-23-27-28-29-31(23)15-22-9-6-12-33-22/h10-11,13,21-22H,3-9,12,14-16H2,1-2H3,(H,26,32)/t22-/m1/s1. The van der Waals surface area contributed by atoms with Crippen molar-refractivity contribution in [1.29, 1.82) is 0 Å². The molecule has 1 atom stereocenters. The summed E-state index contributed by atoms with van der Waals surface area (Å²) in [6, 6.07) is 6.72. The molecule has 0 bridgehead atoms. The van der Waals surface area contributed by atoms with Gasteiger partial charge in [-0.05, 0) is 72.5 Å². The van der Waals surface area contributed by atoms with E-state index in [1.807, 2.05) is 4.68 Å². The highest BCUT2D eigenvalue weighted by atomic mass is 16.5. The van der Waals surface area contributed by atoms with Crippen LogP contribution in [0.2, 0.25) is 0 Å². The molecule has 3 aromatic rings. The average molecular weight is 451 g/mol. The van der Waals surface area contributed by atoms with E-state index >= 15 is 0 Å². The maximum atomic E-state index is 13.1. The van der Waals surface area contributed by atoms with Gasteiger partial charge >= 0.3 is 0 Å². The van der Waals surface area contributed by atoms with Crippen LogP contribution in [0.1, 0.15) is 67.5 Å². The third-order valence-corrected chi connectivity index (χ3v) is 7.44. The quantitative estimate of drug-likeness (QED) is 0.591. The van der Waals surface area contributed by atoms with Crippen LogP contribution in [0.3, 0.4) is 0 Å². The first-order chi connectivity index (χ1) is 16.1. The number of tetrazole rings is 1. The molecule has 1 N–H and O–H groups in total. The van der Waals surface area contributed by atoms with E-state index in [9.17, 15) is 4.79 Å². The maximum absolute atomic E-state index is 13.1. The second-order valence-electron chi connectivity index (χ2n) is 9.70. The van der Waals surface area contributed by atoms with Crippen molar-refractivity contribution in [3.8, 4) is 0 Å². The van der Waals surface area contributed by atoms with Crippen LogP contribution in [-0.4, -0.2) is 48.8 Å². The van der Waals surface area contributed by atoms with Gasteiger partial charge in [0.15, 0.2) is 5.82 Å². The van der Waals surface area contributed by atoms with Crippen molar-refractivity contribution in [2.75, 3.05) is 6.61 Å². The SMILES string of the molecule is Cc1ccc2cc(CN(Cc3nnnn3C[C@H]3CCCO3)C3CCCCC3)c(=O)[nH]c2c1C. The molecule has 0 spiro atoms.